The minimum atomic E-state index is 0.581. The molecule has 0 spiro atoms. The first-order valence-electron chi connectivity index (χ1n) is 7.30. The van der Waals surface area contributed by atoms with E-state index >= 15 is 0 Å². The summed E-state index contributed by atoms with van der Waals surface area (Å²) in [5, 5.41) is 4.55. The maximum Gasteiger partial charge on any atom is 0.179 e. The van der Waals surface area contributed by atoms with Crippen molar-refractivity contribution in [2.45, 2.75) is 46.2 Å². The van der Waals surface area contributed by atoms with E-state index in [9.17, 15) is 0 Å². The lowest BCUT2D eigenvalue weighted by atomic mass is 10.3. The van der Waals surface area contributed by atoms with Crippen LogP contribution in [0.25, 0.3) is 11.2 Å². The van der Waals surface area contributed by atoms with Crippen LogP contribution in [0.1, 0.15) is 32.9 Å². The van der Waals surface area contributed by atoms with Crippen LogP contribution in [0, 0.1) is 4.77 Å². The molecule has 0 radical (unpaired) electrons. The molecule has 0 saturated carbocycles. The Morgan fingerprint density at radius 3 is 2.70 bits per heavy atom. The molecule has 2 aromatic rings. The second kappa shape index (κ2) is 6.10. The van der Waals surface area contributed by atoms with Crippen LogP contribution in [0.5, 0.6) is 0 Å². The summed E-state index contributed by atoms with van der Waals surface area (Å²) in [5.74, 6) is 0. The highest BCUT2D eigenvalue weighted by Gasteiger charge is 2.14. The van der Waals surface area contributed by atoms with Crippen LogP contribution in [-0.2, 0) is 20.0 Å². The first kappa shape index (κ1) is 15.3. The fourth-order valence-corrected chi connectivity index (χ4v) is 2.75. The molecule has 112 valence electrons. The van der Waals surface area contributed by atoms with Crippen LogP contribution in [0.4, 0.5) is 0 Å². The van der Waals surface area contributed by atoms with Gasteiger partial charge >= 0.3 is 0 Å². The van der Waals surface area contributed by atoms with Gasteiger partial charge in [-0.05, 0) is 52.5 Å². The third kappa shape index (κ3) is 2.81. The van der Waals surface area contributed by atoms with Gasteiger partial charge in [0.25, 0.3) is 0 Å². The zero-order chi connectivity index (χ0) is 14.9. The van der Waals surface area contributed by atoms with Crippen molar-refractivity contribution in [3.63, 3.8) is 0 Å². The molecule has 0 saturated heterocycles. The Bertz CT molecular complexity index is 634. The Balaban J connectivity index is 2.20. The van der Waals surface area contributed by atoms with Crippen molar-refractivity contribution in [1.29, 1.82) is 0 Å². The van der Waals surface area contributed by atoms with Crippen molar-refractivity contribution in [3.05, 3.63) is 10.5 Å². The van der Waals surface area contributed by atoms with Gasteiger partial charge in [0.15, 0.2) is 10.4 Å². The number of hydrogen-bond acceptors (Lipinski definition) is 3. The molecule has 20 heavy (non-hydrogen) atoms. The van der Waals surface area contributed by atoms with Crippen molar-refractivity contribution in [3.8, 4) is 0 Å². The quantitative estimate of drug-likeness (QED) is 0.833. The van der Waals surface area contributed by atoms with Crippen LogP contribution < -0.4 is 0 Å². The van der Waals surface area contributed by atoms with E-state index in [1.165, 1.54) is 0 Å². The standard InChI is InChI=1S/C14H25N5S/c1-6-11-12-13(18(5)16-11)19(14(20)15-12)9-7-8-17(4)10(2)3/h10H,6-9H2,1-5H3,(H,15,20). The molecule has 6 heteroatoms. The first-order valence-corrected chi connectivity index (χ1v) is 7.71. The summed E-state index contributed by atoms with van der Waals surface area (Å²) in [5.41, 5.74) is 3.29. The maximum atomic E-state index is 5.46. The van der Waals surface area contributed by atoms with Crippen LogP contribution in [0.3, 0.4) is 0 Å². The minimum Gasteiger partial charge on any atom is -0.328 e. The first-order chi connectivity index (χ1) is 9.45. The van der Waals surface area contributed by atoms with Crippen LogP contribution >= 0.6 is 12.2 Å². The fourth-order valence-electron chi connectivity index (χ4n) is 2.47. The summed E-state index contributed by atoms with van der Waals surface area (Å²) < 4.78 is 4.91. The number of imidazole rings is 1. The van der Waals surface area contributed by atoms with Gasteiger partial charge in [-0.15, -0.1) is 0 Å². The Morgan fingerprint density at radius 1 is 1.40 bits per heavy atom. The van der Waals surface area contributed by atoms with Crippen molar-refractivity contribution in [2.24, 2.45) is 7.05 Å². The van der Waals surface area contributed by atoms with E-state index in [4.69, 9.17) is 12.2 Å². The predicted octanol–water partition coefficient (Wildman–Crippen LogP) is 2.73. The lowest BCUT2D eigenvalue weighted by molar-refractivity contribution is 0.265. The second-order valence-electron chi connectivity index (χ2n) is 5.63. The van der Waals surface area contributed by atoms with Gasteiger partial charge in [0.05, 0.1) is 5.69 Å². The lowest BCUT2D eigenvalue weighted by Crippen LogP contribution is -2.28. The van der Waals surface area contributed by atoms with E-state index in [0.717, 1.165) is 47.6 Å². The van der Waals surface area contributed by atoms with Crippen molar-refractivity contribution in [2.75, 3.05) is 13.6 Å². The second-order valence-corrected chi connectivity index (χ2v) is 6.02. The summed E-state index contributed by atoms with van der Waals surface area (Å²) in [6.45, 7) is 8.56. The molecule has 0 amide bonds. The normalized spacial score (nSPS) is 12.2. The van der Waals surface area contributed by atoms with Gasteiger partial charge in [0, 0.05) is 19.6 Å². The third-order valence-corrected chi connectivity index (χ3v) is 4.25. The largest absolute Gasteiger partial charge is 0.328 e. The molecule has 2 aromatic heterocycles. The Labute approximate surface area is 125 Å². The summed E-state index contributed by atoms with van der Waals surface area (Å²) in [7, 11) is 4.15. The van der Waals surface area contributed by atoms with Crippen molar-refractivity contribution < 1.29 is 0 Å². The van der Waals surface area contributed by atoms with E-state index in [1.807, 2.05) is 11.7 Å². The topological polar surface area (TPSA) is 41.8 Å². The summed E-state index contributed by atoms with van der Waals surface area (Å²) in [6.07, 6.45) is 2.01. The highest BCUT2D eigenvalue weighted by molar-refractivity contribution is 7.71. The molecular formula is C14H25N5S. The van der Waals surface area contributed by atoms with Gasteiger partial charge in [-0.25, -0.2) is 0 Å². The number of H-pyrrole nitrogens is 1. The lowest BCUT2D eigenvalue weighted by Gasteiger charge is -2.20. The molecule has 0 unspecified atom stereocenters. The molecule has 5 nitrogen and oxygen atoms in total. The number of aromatic amines is 1. The number of nitrogens with one attached hydrogen (secondary N) is 1. The van der Waals surface area contributed by atoms with Gasteiger partial charge in [-0.3, -0.25) is 4.68 Å². The van der Waals surface area contributed by atoms with Crippen LogP contribution in [0.15, 0.2) is 0 Å². The molecule has 1 N–H and O–H groups in total. The smallest absolute Gasteiger partial charge is 0.179 e. The highest BCUT2D eigenvalue weighted by atomic mass is 32.1. The molecule has 0 aromatic carbocycles. The molecular weight excluding hydrogens is 270 g/mol. The molecule has 2 heterocycles. The Kier molecular flexibility index (Phi) is 4.65. The van der Waals surface area contributed by atoms with Gasteiger partial charge in [-0.1, -0.05) is 6.92 Å². The third-order valence-electron chi connectivity index (χ3n) is 3.93. The highest BCUT2D eigenvalue weighted by Crippen LogP contribution is 2.18. The van der Waals surface area contributed by atoms with Crippen LogP contribution in [-0.4, -0.2) is 43.9 Å². The average Bonchev–Trinajstić information content (AvgIpc) is 2.87. The number of fused-ring (bicyclic) bond motifs is 1. The summed E-state index contributed by atoms with van der Waals surface area (Å²) in [6, 6.07) is 0.581. The molecule has 0 aliphatic rings. The van der Waals surface area contributed by atoms with E-state index in [1.54, 1.807) is 0 Å². The number of nitrogens with zero attached hydrogens (tertiary/aromatic N) is 4. The summed E-state index contributed by atoms with van der Waals surface area (Å²) >= 11 is 5.46. The van der Waals surface area contributed by atoms with Gasteiger partial charge in [-0.2, -0.15) is 5.10 Å². The molecule has 0 atom stereocenters. The molecule has 2 rings (SSSR count). The van der Waals surface area contributed by atoms with E-state index in [-0.39, 0.29) is 0 Å². The fraction of sp³-hybridized carbons (Fsp3) is 0.714. The zero-order valence-electron chi connectivity index (χ0n) is 13.1. The van der Waals surface area contributed by atoms with E-state index < -0.39 is 0 Å². The number of hydrogen-bond donors (Lipinski definition) is 1. The van der Waals surface area contributed by atoms with Crippen molar-refractivity contribution in [1.82, 2.24) is 24.2 Å². The van der Waals surface area contributed by atoms with Gasteiger partial charge < -0.3 is 14.5 Å². The summed E-state index contributed by atoms with van der Waals surface area (Å²) in [4.78, 5) is 5.66. The molecule has 0 aliphatic heterocycles. The minimum absolute atomic E-state index is 0.581. The van der Waals surface area contributed by atoms with Gasteiger partial charge in [0.2, 0.25) is 0 Å². The molecule has 0 fully saturated rings. The molecule has 0 bridgehead atoms. The zero-order valence-corrected chi connectivity index (χ0v) is 13.9. The van der Waals surface area contributed by atoms with Crippen molar-refractivity contribution >= 4 is 23.4 Å². The van der Waals surface area contributed by atoms with Crippen LogP contribution in [0.2, 0.25) is 0 Å². The van der Waals surface area contributed by atoms with E-state index in [0.29, 0.717) is 6.04 Å². The number of aromatic nitrogens is 4. The Morgan fingerprint density at radius 2 is 2.10 bits per heavy atom. The average molecular weight is 295 g/mol. The van der Waals surface area contributed by atoms with Gasteiger partial charge in [0.1, 0.15) is 5.52 Å². The van der Waals surface area contributed by atoms with E-state index in [2.05, 4.69) is 47.4 Å². The predicted molar refractivity (Wildman–Crippen MR) is 85.6 cm³/mol. The number of aryl methyl sites for hydroxylation is 3. The Hall–Kier alpha value is -1.14. The molecule has 0 aliphatic carbocycles. The maximum absolute atomic E-state index is 5.46. The monoisotopic (exact) mass is 295 g/mol. The number of rotatable bonds is 6. The SMILES string of the molecule is CCc1nn(C)c2c1[nH]c(=S)n2CCCN(C)C(C)C.